The second kappa shape index (κ2) is 5.83. The number of para-hydroxylation sites is 1. The van der Waals surface area contributed by atoms with Gasteiger partial charge in [-0.3, -0.25) is 0 Å². The SMILES string of the molecule is C#CCNc1cccc(-c2ncc(F)cn2)c1OC. The predicted molar refractivity (Wildman–Crippen MR) is 71.3 cm³/mol. The molecule has 2 rings (SSSR count). The van der Waals surface area contributed by atoms with E-state index in [4.69, 9.17) is 11.2 Å². The molecule has 0 bridgehead atoms. The highest BCUT2D eigenvalue weighted by atomic mass is 19.1. The number of nitrogens with one attached hydrogen (secondary N) is 1. The molecule has 0 spiro atoms. The van der Waals surface area contributed by atoms with E-state index in [-0.39, 0.29) is 0 Å². The van der Waals surface area contributed by atoms with Crippen molar-refractivity contribution < 1.29 is 9.13 Å². The van der Waals surface area contributed by atoms with Crippen LogP contribution < -0.4 is 10.1 Å². The quantitative estimate of drug-likeness (QED) is 0.854. The van der Waals surface area contributed by atoms with Crippen LogP contribution in [0.1, 0.15) is 0 Å². The van der Waals surface area contributed by atoms with Crippen molar-refractivity contribution in [1.29, 1.82) is 0 Å². The first-order chi connectivity index (χ1) is 9.26. The summed E-state index contributed by atoms with van der Waals surface area (Å²) in [5, 5.41) is 3.04. The summed E-state index contributed by atoms with van der Waals surface area (Å²) in [6.45, 7) is 0.379. The smallest absolute Gasteiger partial charge is 0.163 e. The maximum absolute atomic E-state index is 12.8. The molecule has 0 aliphatic rings. The number of hydrogen-bond donors (Lipinski definition) is 1. The van der Waals surface area contributed by atoms with Gasteiger partial charge in [-0.15, -0.1) is 6.42 Å². The first-order valence-electron chi connectivity index (χ1n) is 5.58. The van der Waals surface area contributed by atoms with Crippen molar-refractivity contribution >= 4 is 5.69 Å². The summed E-state index contributed by atoms with van der Waals surface area (Å²) in [4.78, 5) is 7.89. The lowest BCUT2D eigenvalue weighted by molar-refractivity contribution is 0.418. The monoisotopic (exact) mass is 257 g/mol. The van der Waals surface area contributed by atoms with Gasteiger partial charge in [0.25, 0.3) is 0 Å². The molecule has 0 radical (unpaired) electrons. The van der Waals surface area contributed by atoms with Gasteiger partial charge in [0.1, 0.15) is 0 Å². The highest BCUT2D eigenvalue weighted by molar-refractivity contribution is 5.74. The summed E-state index contributed by atoms with van der Waals surface area (Å²) in [6.07, 6.45) is 7.44. The van der Waals surface area contributed by atoms with Crippen molar-refractivity contribution in [2.45, 2.75) is 0 Å². The van der Waals surface area contributed by atoms with Crippen LogP contribution in [-0.4, -0.2) is 23.6 Å². The Morgan fingerprint density at radius 1 is 1.37 bits per heavy atom. The Balaban J connectivity index is 2.45. The van der Waals surface area contributed by atoms with Crippen molar-refractivity contribution in [2.24, 2.45) is 0 Å². The maximum Gasteiger partial charge on any atom is 0.163 e. The molecule has 1 aromatic heterocycles. The van der Waals surface area contributed by atoms with Crippen LogP contribution in [0.5, 0.6) is 5.75 Å². The summed E-state index contributed by atoms with van der Waals surface area (Å²) < 4.78 is 18.2. The number of benzene rings is 1. The van der Waals surface area contributed by atoms with Crippen LogP contribution in [0, 0.1) is 18.2 Å². The van der Waals surface area contributed by atoms with Crippen LogP contribution in [0.4, 0.5) is 10.1 Å². The number of terminal acetylenes is 1. The molecule has 0 aliphatic heterocycles. The fourth-order valence-electron chi connectivity index (χ4n) is 1.67. The molecule has 96 valence electrons. The van der Waals surface area contributed by atoms with Crippen molar-refractivity contribution in [2.75, 3.05) is 19.0 Å². The van der Waals surface area contributed by atoms with Crippen LogP contribution in [0.25, 0.3) is 11.4 Å². The van der Waals surface area contributed by atoms with Crippen LogP contribution in [0.15, 0.2) is 30.6 Å². The number of rotatable bonds is 4. The lowest BCUT2D eigenvalue weighted by atomic mass is 10.1. The molecule has 0 fully saturated rings. The van der Waals surface area contributed by atoms with Gasteiger partial charge in [-0.25, -0.2) is 14.4 Å². The Morgan fingerprint density at radius 2 is 2.11 bits per heavy atom. The van der Waals surface area contributed by atoms with E-state index in [1.807, 2.05) is 12.1 Å². The van der Waals surface area contributed by atoms with Crippen LogP contribution in [0.2, 0.25) is 0 Å². The van der Waals surface area contributed by atoms with E-state index in [1.165, 1.54) is 0 Å². The zero-order chi connectivity index (χ0) is 13.7. The van der Waals surface area contributed by atoms with E-state index >= 15 is 0 Å². The number of ether oxygens (including phenoxy) is 1. The van der Waals surface area contributed by atoms with E-state index < -0.39 is 5.82 Å². The third-order valence-electron chi connectivity index (χ3n) is 2.46. The van der Waals surface area contributed by atoms with Gasteiger partial charge in [0, 0.05) is 0 Å². The third-order valence-corrected chi connectivity index (χ3v) is 2.46. The maximum atomic E-state index is 12.8. The zero-order valence-corrected chi connectivity index (χ0v) is 10.4. The summed E-state index contributed by atoms with van der Waals surface area (Å²) in [5.74, 6) is 2.97. The molecule has 0 atom stereocenters. The minimum atomic E-state index is -0.482. The second-order valence-electron chi connectivity index (χ2n) is 3.67. The minimum absolute atomic E-state index is 0.379. The number of halogens is 1. The molecule has 0 unspecified atom stereocenters. The van der Waals surface area contributed by atoms with E-state index in [0.717, 1.165) is 18.1 Å². The fourth-order valence-corrected chi connectivity index (χ4v) is 1.67. The topological polar surface area (TPSA) is 47.0 Å². The van der Waals surface area contributed by atoms with Gasteiger partial charge in [0.05, 0.1) is 37.3 Å². The summed E-state index contributed by atoms with van der Waals surface area (Å²) >= 11 is 0. The largest absolute Gasteiger partial charge is 0.494 e. The normalized spacial score (nSPS) is 9.74. The van der Waals surface area contributed by atoms with Crippen molar-refractivity contribution in [3.63, 3.8) is 0 Å². The highest BCUT2D eigenvalue weighted by Gasteiger charge is 2.12. The van der Waals surface area contributed by atoms with Crippen molar-refractivity contribution in [3.8, 4) is 29.5 Å². The summed E-state index contributed by atoms with van der Waals surface area (Å²) in [7, 11) is 1.55. The van der Waals surface area contributed by atoms with Gasteiger partial charge < -0.3 is 10.1 Å². The average Bonchev–Trinajstić information content (AvgIpc) is 2.45. The minimum Gasteiger partial charge on any atom is -0.494 e. The van der Waals surface area contributed by atoms with Gasteiger partial charge in [0.2, 0.25) is 0 Å². The number of anilines is 1. The summed E-state index contributed by atoms with van der Waals surface area (Å²) in [5.41, 5.74) is 1.41. The Kier molecular flexibility index (Phi) is 3.94. The number of nitrogens with zero attached hydrogens (tertiary/aromatic N) is 2. The third kappa shape index (κ3) is 2.80. The Labute approximate surface area is 110 Å². The van der Waals surface area contributed by atoms with Crippen LogP contribution in [-0.2, 0) is 0 Å². The molecule has 1 heterocycles. The number of methoxy groups -OCH3 is 1. The molecule has 0 saturated carbocycles. The van der Waals surface area contributed by atoms with Crippen LogP contribution >= 0.6 is 0 Å². The fraction of sp³-hybridized carbons (Fsp3) is 0.143. The number of aromatic nitrogens is 2. The molecule has 1 aromatic carbocycles. The lowest BCUT2D eigenvalue weighted by Crippen LogP contribution is -2.02. The van der Waals surface area contributed by atoms with E-state index in [9.17, 15) is 4.39 Å². The number of hydrogen-bond acceptors (Lipinski definition) is 4. The standard InChI is InChI=1S/C14H12FN3O/c1-3-7-16-12-6-4-5-11(13(12)19-2)14-17-8-10(15)9-18-14/h1,4-6,8-9,16H,7H2,2H3. The van der Waals surface area contributed by atoms with Gasteiger partial charge >= 0.3 is 0 Å². The molecular weight excluding hydrogens is 245 g/mol. The average molecular weight is 257 g/mol. The molecule has 1 N–H and O–H groups in total. The molecule has 4 nitrogen and oxygen atoms in total. The van der Waals surface area contributed by atoms with Crippen molar-refractivity contribution in [3.05, 3.63) is 36.4 Å². The predicted octanol–water partition coefficient (Wildman–Crippen LogP) is 2.34. The van der Waals surface area contributed by atoms with E-state index in [1.54, 1.807) is 13.2 Å². The van der Waals surface area contributed by atoms with Gasteiger partial charge in [0.15, 0.2) is 17.4 Å². The molecule has 5 heteroatoms. The first-order valence-corrected chi connectivity index (χ1v) is 5.58. The Hall–Kier alpha value is -2.61. The van der Waals surface area contributed by atoms with Crippen molar-refractivity contribution in [1.82, 2.24) is 9.97 Å². The van der Waals surface area contributed by atoms with Crippen LogP contribution in [0.3, 0.4) is 0 Å². The molecular formula is C14H12FN3O. The Bertz CT molecular complexity index is 605. The molecule has 0 saturated heterocycles. The van der Waals surface area contributed by atoms with Gasteiger partial charge in [-0.2, -0.15) is 0 Å². The first kappa shape index (κ1) is 12.8. The molecule has 0 amide bonds. The molecule has 2 aromatic rings. The molecule has 0 aliphatic carbocycles. The second-order valence-corrected chi connectivity index (χ2v) is 3.67. The zero-order valence-electron chi connectivity index (χ0n) is 10.4. The summed E-state index contributed by atoms with van der Waals surface area (Å²) in [6, 6.07) is 5.46. The lowest BCUT2D eigenvalue weighted by Gasteiger charge is -2.13. The highest BCUT2D eigenvalue weighted by Crippen LogP contribution is 2.34. The van der Waals surface area contributed by atoms with E-state index in [2.05, 4.69) is 21.2 Å². The van der Waals surface area contributed by atoms with Gasteiger partial charge in [-0.1, -0.05) is 12.0 Å². The Morgan fingerprint density at radius 3 is 2.74 bits per heavy atom. The van der Waals surface area contributed by atoms with Gasteiger partial charge in [-0.05, 0) is 12.1 Å². The van der Waals surface area contributed by atoms with E-state index in [0.29, 0.717) is 23.7 Å². The molecule has 19 heavy (non-hydrogen) atoms.